The maximum Gasteiger partial charge on any atom is 0.475 e. The maximum absolute atomic E-state index is 12.6. The van der Waals surface area contributed by atoms with Gasteiger partial charge in [-0.2, -0.15) is 0 Å². The van der Waals surface area contributed by atoms with Crippen LogP contribution in [0.15, 0.2) is 0 Å². The Bertz CT molecular complexity index is 562. The minimum atomic E-state index is -1.73. The van der Waals surface area contributed by atoms with Gasteiger partial charge in [0.25, 0.3) is 5.96 Å². The van der Waals surface area contributed by atoms with Crippen molar-refractivity contribution in [2.24, 2.45) is 11.8 Å². The largest absolute Gasteiger partial charge is 0.475 e. The van der Waals surface area contributed by atoms with E-state index in [1.165, 1.54) is 0 Å². The van der Waals surface area contributed by atoms with Gasteiger partial charge >= 0.3 is 7.12 Å². The first kappa shape index (κ1) is 26.6. The van der Waals surface area contributed by atoms with Crippen LogP contribution in [0.2, 0.25) is 0 Å². The number of hydrogen-bond donors (Lipinski definition) is 7. The van der Waals surface area contributed by atoms with Crippen LogP contribution in [0, 0.1) is 27.4 Å². The third-order valence-electron chi connectivity index (χ3n) is 4.28. The monoisotopic (exact) mass is 416 g/mol. The summed E-state index contributed by atoms with van der Waals surface area (Å²) in [6.07, 6.45) is 1.47. The molecule has 1 unspecified atom stereocenters. The molecule has 13 heteroatoms. The molecule has 0 heterocycles. The molecule has 0 aromatic carbocycles. The molecule has 0 aliphatic heterocycles. The van der Waals surface area contributed by atoms with Crippen molar-refractivity contribution in [1.29, 1.82) is 5.41 Å². The standard InChI is InChI=1S/C16H33BN6O6/c1-5-11(4)14(24)20-12(7-6-8-19-16(18)22-23(28)29)15(25)21-13(17(26)27)9-10(2)3/h10-13,26-27H,5-9H2,1-4H3,(H,20,24)(H,21,25)(H3,18,19,22)/t11?,12-,13-/m0/s1. The number of carbonyl (C=O) groups is 2. The van der Waals surface area contributed by atoms with E-state index in [0.29, 0.717) is 19.3 Å². The lowest BCUT2D eigenvalue weighted by atomic mass is 9.75. The Morgan fingerprint density at radius 3 is 2.28 bits per heavy atom. The van der Waals surface area contributed by atoms with Crippen molar-refractivity contribution in [2.45, 2.75) is 65.4 Å². The topological polar surface area (TPSA) is 190 Å². The fourth-order valence-electron chi connectivity index (χ4n) is 2.46. The number of nitrogens with one attached hydrogen (secondary N) is 5. The predicted octanol–water partition coefficient (Wildman–Crippen LogP) is -0.854. The summed E-state index contributed by atoms with van der Waals surface area (Å²) in [6.45, 7) is 7.50. The summed E-state index contributed by atoms with van der Waals surface area (Å²) in [5.41, 5.74) is 1.65. The summed E-state index contributed by atoms with van der Waals surface area (Å²) < 4.78 is 0. The molecule has 0 rings (SSSR count). The lowest BCUT2D eigenvalue weighted by molar-refractivity contribution is -0.525. The minimum Gasteiger partial charge on any atom is -0.426 e. The van der Waals surface area contributed by atoms with Crippen LogP contribution in [0.1, 0.15) is 53.4 Å². The molecule has 0 aromatic rings. The number of nitro groups is 1. The summed E-state index contributed by atoms with van der Waals surface area (Å²) in [5, 5.41) is 43.4. The molecule has 166 valence electrons. The Labute approximate surface area is 171 Å². The molecular weight excluding hydrogens is 383 g/mol. The van der Waals surface area contributed by atoms with Crippen molar-refractivity contribution in [3.05, 3.63) is 10.1 Å². The van der Waals surface area contributed by atoms with E-state index in [-0.39, 0.29) is 30.7 Å². The van der Waals surface area contributed by atoms with Crippen molar-refractivity contribution in [3.8, 4) is 0 Å². The molecule has 0 radical (unpaired) electrons. The quantitative estimate of drug-likeness (QED) is 0.0504. The first-order chi connectivity index (χ1) is 13.5. The van der Waals surface area contributed by atoms with Crippen LogP contribution in [-0.4, -0.2) is 58.5 Å². The molecule has 0 spiro atoms. The van der Waals surface area contributed by atoms with Crippen LogP contribution in [0.4, 0.5) is 0 Å². The van der Waals surface area contributed by atoms with Gasteiger partial charge in [-0.25, -0.2) is 10.1 Å². The van der Waals surface area contributed by atoms with Crippen molar-refractivity contribution in [2.75, 3.05) is 6.54 Å². The second-order valence-corrected chi connectivity index (χ2v) is 7.34. The zero-order valence-corrected chi connectivity index (χ0v) is 17.4. The van der Waals surface area contributed by atoms with E-state index in [1.807, 2.05) is 20.8 Å². The Morgan fingerprint density at radius 1 is 1.17 bits per heavy atom. The average Bonchev–Trinajstić information content (AvgIpc) is 2.61. The highest BCUT2D eigenvalue weighted by molar-refractivity contribution is 6.43. The second kappa shape index (κ2) is 13.7. The number of rotatable bonds is 13. The zero-order valence-electron chi connectivity index (χ0n) is 17.4. The molecule has 0 saturated heterocycles. The first-order valence-electron chi connectivity index (χ1n) is 9.68. The van der Waals surface area contributed by atoms with Crippen LogP contribution in [0.25, 0.3) is 0 Å². The maximum atomic E-state index is 12.6. The number of amides is 2. The van der Waals surface area contributed by atoms with E-state index in [1.54, 1.807) is 12.3 Å². The van der Waals surface area contributed by atoms with Crippen LogP contribution >= 0.6 is 0 Å². The van der Waals surface area contributed by atoms with Crippen LogP contribution in [0.5, 0.6) is 0 Å². The van der Waals surface area contributed by atoms with Crippen molar-refractivity contribution in [3.63, 3.8) is 0 Å². The summed E-state index contributed by atoms with van der Waals surface area (Å²) in [6, 6.07) is -0.913. The van der Waals surface area contributed by atoms with Gasteiger partial charge in [0.15, 0.2) is 5.03 Å². The van der Waals surface area contributed by atoms with Crippen LogP contribution in [0.3, 0.4) is 0 Å². The van der Waals surface area contributed by atoms with Gasteiger partial charge in [0, 0.05) is 12.5 Å². The molecule has 29 heavy (non-hydrogen) atoms. The lowest BCUT2D eigenvalue weighted by Gasteiger charge is -2.25. The Balaban J connectivity index is 4.94. The highest BCUT2D eigenvalue weighted by Crippen LogP contribution is 2.08. The van der Waals surface area contributed by atoms with E-state index >= 15 is 0 Å². The third kappa shape index (κ3) is 11.9. The molecule has 3 atom stereocenters. The molecule has 0 aliphatic carbocycles. The summed E-state index contributed by atoms with van der Waals surface area (Å²) >= 11 is 0. The normalized spacial score (nSPS) is 13.8. The van der Waals surface area contributed by atoms with Gasteiger partial charge in [-0.1, -0.05) is 33.1 Å². The number of nitrogens with zero attached hydrogens (tertiary/aromatic N) is 1. The predicted molar refractivity (Wildman–Crippen MR) is 108 cm³/mol. The van der Waals surface area contributed by atoms with Crippen molar-refractivity contribution < 1.29 is 24.7 Å². The fourth-order valence-corrected chi connectivity index (χ4v) is 2.46. The van der Waals surface area contributed by atoms with Gasteiger partial charge < -0.3 is 26.0 Å². The Morgan fingerprint density at radius 2 is 1.79 bits per heavy atom. The smallest absolute Gasteiger partial charge is 0.426 e. The molecule has 7 N–H and O–H groups in total. The van der Waals surface area contributed by atoms with Gasteiger partial charge in [-0.05, 0) is 31.6 Å². The third-order valence-corrected chi connectivity index (χ3v) is 4.28. The van der Waals surface area contributed by atoms with Crippen molar-refractivity contribution in [1.82, 2.24) is 21.4 Å². The van der Waals surface area contributed by atoms with Gasteiger partial charge in [0.05, 0.1) is 5.94 Å². The molecule has 0 fully saturated rings. The number of carbonyl (C=O) groups excluding carboxylic acids is 2. The van der Waals surface area contributed by atoms with E-state index < -0.39 is 36.0 Å². The highest BCUT2D eigenvalue weighted by Gasteiger charge is 2.30. The second-order valence-electron chi connectivity index (χ2n) is 7.34. The van der Waals surface area contributed by atoms with Crippen LogP contribution in [-0.2, 0) is 9.59 Å². The number of hydrazine groups is 1. The number of guanidine groups is 1. The average molecular weight is 416 g/mol. The van der Waals surface area contributed by atoms with Crippen molar-refractivity contribution >= 4 is 24.9 Å². The van der Waals surface area contributed by atoms with Crippen LogP contribution < -0.4 is 21.4 Å². The highest BCUT2D eigenvalue weighted by atomic mass is 16.7. The van der Waals surface area contributed by atoms with E-state index in [4.69, 9.17) is 5.41 Å². The summed E-state index contributed by atoms with van der Waals surface area (Å²) in [5.74, 6) is -2.39. The van der Waals surface area contributed by atoms with Gasteiger partial charge in [-0.15, -0.1) is 0 Å². The molecule has 12 nitrogen and oxygen atoms in total. The fraction of sp³-hybridized carbons (Fsp3) is 0.812. The Hall–Kier alpha value is -2.41. The van der Waals surface area contributed by atoms with E-state index in [0.717, 1.165) is 0 Å². The molecule has 0 bridgehead atoms. The van der Waals surface area contributed by atoms with Gasteiger partial charge in [-0.3, -0.25) is 15.0 Å². The molecule has 2 amide bonds. The first-order valence-corrected chi connectivity index (χ1v) is 9.68. The summed E-state index contributed by atoms with van der Waals surface area (Å²) in [4.78, 5) is 35.1. The zero-order chi connectivity index (χ0) is 22.6. The SMILES string of the molecule is CCC(C)C(=O)N[C@@H](CCCNC(=N)N[N+](=O)[O-])C(=O)N[C@@H](CC(C)C)B(O)O. The molecule has 0 aromatic heterocycles. The van der Waals surface area contributed by atoms with E-state index in [9.17, 15) is 29.8 Å². The van der Waals surface area contributed by atoms with Gasteiger partial charge in [0.1, 0.15) is 6.04 Å². The van der Waals surface area contributed by atoms with Gasteiger partial charge in [0.2, 0.25) is 11.8 Å². The summed E-state index contributed by atoms with van der Waals surface area (Å²) in [7, 11) is -1.73. The molecule has 0 saturated carbocycles. The molecular formula is C16H33BN6O6. The number of hydrogen-bond acceptors (Lipinski definition) is 7. The van der Waals surface area contributed by atoms with E-state index in [2.05, 4.69) is 16.0 Å². The Kier molecular flexibility index (Phi) is 12.6. The molecule has 0 aliphatic rings. The minimum absolute atomic E-state index is 0.111. The lowest BCUT2D eigenvalue weighted by Crippen LogP contribution is -2.55.